The van der Waals surface area contributed by atoms with Crippen molar-refractivity contribution in [1.82, 2.24) is 10.2 Å². The van der Waals surface area contributed by atoms with Crippen molar-refractivity contribution >= 4 is 34.2 Å². The number of para-hydroxylation sites is 1. The lowest BCUT2D eigenvalue weighted by Crippen LogP contribution is -2.37. The first-order valence-corrected chi connectivity index (χ1v) is 9.17. The van der Waals surface area contributed by atoms with E-state index in [-0.39, 0.29) is 18.4 Å². The second-order valence-corrected chi connectivity index (χ2v) is 7.13. The molecule has 0 fully saturated rings. The van der Waals surface area contributed by atoms with Crippen molar-refractivity contribution in [1.29, 1.82) is 0 Å². The Morgan fingerprint density at radius 1 is 1.27 bits per heavy atom. The van der Waals surface area contributed by atoms with Crippen molar-refractivity contribution in [2.45, 2.75) is 25.4 Å². The highest BCUT2D eigenvalue weighted by Crippen LogP contribution is 2.28. The molecule has 2 unspecified atom stereocenters. The lowest BCUT2D eigenvalue weighted by molar-refractivity contribution is -0.132. The van der Waals surface area contributed by atoms with Crippen LogP contribution < -0.4 is 11.1 Å². The predicted molar refractivity (Wildman–Crippen MR) is 102 cm³/mol. The van der Waals surface area contributed by atoms with Gasteiger partial charge in [0.1, 0.15) is 11.3 Å². The topological polar surface area (TPSA) is 88.6 Å². The summed E-state index contributed by atoms with van der Waals surface area (Å²) < 4.78 is 5.86. The molecule has 2 atom stereocenters. The molecule has 0 aliphatic rings. The highest BCUT2D eigenvalue weighted by Gasteiger charge is 2.25. The van der Waals surface area contributed by atoms with Crippen LogP contribution in [-0.2, 0) is 4.79 Å². The Bertz CT molecular complexity index is 871. The molecular formula is C19H21N3O3S. The second kappa shape index (κ2) is 7.61. The Balaban J connectivity index is 1.73. The van der Waals surface area contributed by atoms with Crippen molar-refractivity contribution < 1.29 is 14.0 Å². The summed E-state index contributed by atoms with van der Waals surface area (Å²) >= 11 is 1.47. The number of thiophene rings is 1. The standard InChI is InChI=1S/C19H21N3O3S/c1-12(16-10-13-6-3-4-7-15(13)25-16)22(2)18(23)11-14(21-19(20)24)17-8-5-9-26-17/h3-10,12,14H,11H2,1-2H3,(H3,20,21,24). The SMILES string of the molecule is CC(c1cc2ccccc2o1)N(C)C(=O)CC(NC(N)=O)c1cccs1. The van der Waals surface area contributed by atoms with Crippen LogP contribution in [0.4, 0.5) is 4.79 Å². The number of carbonyl (C=O) groups is 2. The number of primary amides is 1. The first kappa shape index (κ1) is 18.0. The fourth-order valence-electron chi connectivity index (χ4n) is 2.82. The Morgan fingerprint density at radius 2 is 2.04 bits per heavy atom. The Labute approximate surface area is 155 Å². The normalized spacial score (nSPS) is 13.3. The minimum atomic E-state index is -0.649. The van der Waals surface area contributed by atoms with E-state index in [9.17, 15) is 9.59 Å². The van der Waals surface area contributed by atoms with Crippen LogP contribution in [-0.4, -0.2) is 23.9 Å². The van der Waals surface area contributed by atoms with Gasteiger partial charge in [0.2, 0.25) is 5.91 Å². The van der Waals surface area contributed by atoms with E-state index in [0.29, 0.717) is 0 Å². The van der Waals surface area contributed by atoms with Gasteiger partial charge in [0.25, 0.3) is 0 Å². The number of nitrogens with two attached hydrogens (primary N) is 1. The van der Waals surface area contributed by atoms with E-state index >= 15 is 0 Å². The lowest BCUT2D eigenvalue weighted by Gasteiger charge is -2.25. The summed E-state index contributed by atoms with van der Waals surface area (Å²) in [5, 5.41) is 5.55. The molecule has 0 bridgehead atoms. The molecule has 0 radical (unpaired) electrons. The monoisotopic (exact) mass is 371 g/mol. The van der Waals surface area contributed by atoms with E-state index in [1.165, 1.54) is 11.3 Å². The highest BCUT2D eigenvalue weighted by molar-refractivity contribution is 7.10. The van der Waals surface area contributed by atoms with Gasteiger partial charge in [-0.15, -0.1) is 11.3 Å². The van der Waals surface area contributed by atoms with Gasteiger partial charge >= 0.3 is 6.03 Å². The molecule has 3 aromatic rings. The number of nitrogens with zero attached hydrogens (tertiary/aromatic N) is 1. The van der Waals surface area contributed by atoms with E-state index in [1.807, 2.05) is 54.8 Å². The van der Waals surface area contributed by atoms with Crippen LogP contribution in [0.1, 0.15) is 36.1 Å². The zero-order chi connectivity index (χ0) is 18.7. The van der Waals surface area contributed by atoms with Crippen molar-refractivity contribution in [3.8, 4) is 0 Å². The van der Waals surface area contributed by atoms with Gasteiger partial charge < -0.3 is 20.4 Å². The number of amides is 3. The first-order chi connectivity index (χ1) is 12.5. The Kier molecular flexibility index (Phi) is 5.27. The molecule has 136 valence electrons. The molecule has 2 aromatic heterocycles. The van der Waals surface area contributed by atoms with Gasteiger partial charge in [-0.2, -0.15) is 0 Å². The molecule has 0 spiro atoms. The smallest absolute Gasteiger partial charge is 0.312 e. The maximum Gasteiger partial charge on any atom is 0.312 e. The van der Waals surface area contributed by atoms with Crippen LogP contribution >= 0.6 is 11.3 Å². The third-order valence-electron chi connectivity index (χ3n) is 4.41. The van der Waals surface area contributed by atoms with E-state index in [1.54, 1.807) is 11.9 Å². The summed E-state index contributed by atoms with van der Waals surface area (Å²) in [7, 11) is 1.73. The van der Waals surface area contributed by atoms with E-state index < -0.39 is 12.1 Å². The molecule has 3 rings (SSSR count). The number of benzene rings is 1. The summed E-state index contributed by atoms with van der Waals surface area (Å²) in [6.45, 7) is 1.91. The summed E-state index contributed by atoms with van der Waals surface area (Å²) in [4.78, 5) is 26.6. The van der Waals surface area contributed by atoms with Crippen molar-refractivity contribution in [2.24, 2.45) is 5.73 Å². The fourth-order valence-corrected chi connectivity index (χ4v) is 3.60. The number of hydrogen-bond donors (Lipinski definition) is 2. The molecule has 1 aromatic carbocycles. The van der Waals surface area contributed by atoms with Gasteiger partial charge in [0.15, 0.2) is 0 Å². The summed E-state index contributed by atoms with van der Waals surface area (Å²) in [6.07, 6.45) is 0.129. The summed E-state index contributed by atoms with van der Waals surface area (Å²) in [6, 6.07) is 12.1. The third kappa shape index (κ3) is 3.88. The Morgan fingerprint density at radius 3 is 2.69 bits per heavy atom. The number of furan rings is 1. The maximum atomic E-state index is 12.8. The van der Waals surface area contributed by atoms with Gasteiger partial charge in [0, 0.05) is 17.3 Å². The van der Waals surface area contributed by atoms with Crippen LogP contribution in [0, 0.1) is 0 Å². The van der Waals surface area contributed by atoms with Crippen LogP contribution in [0.15, 0.2) is 52.3 Å². The number of nitrogens with one attached hydrogen (secondary N) is 1. The lowest BCUT2D eigenvalue weighted by atomic mass is 10.1. The fraction of sp³-hybridized carbons (Fsp3) is 0.263. The average Bonchev–Trinajstić information content (AvgIpc) is 3.28. The number of urea groups is 1. The highest BCUT2D eigenvalue weighted by atomic mass is 32.1. The number of hydrogen-bond acceptors (Lipinski definition) is 4. The van der Waals surface area contributed by atoms with Crippen molar-refractivity contribution in [3.05, 3.63) is 58.5 Å². The first-order valence-electron chi connectivity index (χ1n) is 8.29. The zero-order valence-electron chi connectivity index (χ0n) is 14.6. The summed E-state index contributed by atoms with van der Waals surface area (Å²) in [5.74, 6) is 0.614. The number of rotatable bonds is 6. The third-order valence-corrected chi connectivity index (χ3v) is 5.40. The second-order valence-electron chi connectivity index (χ2n) is 6.15. The van der Waals surface area contributed by atoms with Crippen LogP contribution in [0.2, 0.25) is 0 Å². The van der Waals surface area contributed by atoms with Gasteiger partial charge in [0.05, 0.1) is 18.5 Å². The molecular weight excluding hydrogens is 350 g/mol. The molecule has 3 amide bonds. The minimum Gasteiger partial charge on any atom is -0.459 e. The molecule has 0 aliphatic carbocycles. The van der Waals surface area contributed by atoms with E-state index in [2.05, 4.69) is 5.32 Å². The van der Waals surface area contributed by atoms with Crippen LogP contribution in [0.25, 0.3) is 11.0 Å². The molecule has 7 heteroatoms. The molecule has 26 heavy (non-hydrogen) atoms. The molecule has 3 N–H and O–H groups in total. The van der Waals surface area contributed by atoms with Gasteiger partial charge in [-0.1, -0.05) is 24.3 Å². The molecule has 0 aliphatic heterocycles. The molecule has 6 nitrogen and oxygen atoms in total. The van der Waals surface area contributed by atoms with Gasteiger partial charge in [-0.25, -0.2) is 4.79 Å². The Hall–Kier alpha value is -2.80. The zero-order valence-corrected chi connectivity index (χ0v) is 15.5. The van der Waals surface area contributed by atoms with Crippen LogP contribution in [0.3, 0.4) is 0 Å². The van der Waals surface area contributed by atoms with Crippen molar-refractivity contribution in [3.63, 3.8) is 0 Å². The number of fused-ring (bicyclic) bond motifs is 1. The quantitative estimate of drug-likeness (QED) is 0.690. The van der Waals surface area contributed by atoms with Gasteiger partial charge in [-0.3, -0.25) is 4.79 Å². The molecule has 0 saturated carbocycles. The van der Waals surface area contributed by atoms with E-state index in [0.717, 1.165) is 21.6 Å². The largest absolute Gasteiger partial charge is 0.459 e. The van der Waals surface area contributed by atoms with Gasteiger partial charge in [-0.05, 0) is 30.5 Å². The average molecular weight is 371 g/mol. The minimum absolute atomic E-state index is 0.106. The molecule has 0 saturated heterocycles. The van der Waals surface area contributed by atoms with E-state index in [4.69, 9.17) is 10.2 Å². The maximum absolute atomic E-state index is 12.8. The molecule has 2 heterocycles. The predicted octanol–water partition coefficient (Wildman–Crippen LogP) is 3.81. The van der Waals surface area contributed by atoms with Crippen molar-refractivity contribution in [2.75, 3.05) is 7.05 Å². The van der Waals surface area contributed by atoms with Crippen LogP contribution in [0.5, 0.6) is 0 Å². The number of carbonyl (C=O) groups excluding carboxylic acids is 2. The summed E-state index contributed by atoms with van der Waals surface area (Å²) in [5.41, 5.74) is 6.05.